The fourth-order valence-electron chi connectivity index (χ4n) is 1.25. The van der Waals surface area contributed by atoms with Crippen LogP contribution in [0.3, 0.4) is 0 Å². The van der Waals surface area contributed by atoms with Gasteiger partial charge in [0, 0.05) is 12.5 Å². The standard InChI is InChI=1S/C7H6N2O2S.C4H8O2/c10-12(11)7-4-2-1-3-6(7)5-8-9-12;1-3-6-4(2)5/h1-5,9H;3H2,1-2H3. The number of nitrogens with one attached hydrogen (secondary N) is 1. The number of hydrogen-bond donors (Lipinski definition) is 1. The van der Waals surface area contributed by atoms with Crippen LogP contribution in [0.5, 0.6) is 0 Å². The summed E-state index contributed by atoms with van der Waals surface area (Å²) >= 11 is 0. The number of ether oxygens (including phenoxy) is 1. The van der Waals surface area contributed by atoms with Crippen LogP contribution in [0.25, 0.3) is 0 Å². The van der Waals surface area contributed by atoms with E-state index in [0.717, 1.165) is 0 Å². The van der Waals surface area contributed by atoms with Crippen molar-refractivity contribution >= 4 is 22.2 Å². The second-order valence-corrected chi connectivity index (χ2v) is 4.94. The highest BCUT2D eigenvalue weighted by Crippen LogP contribution is 2.15. The van der Waals surface area contributed by atoms with Crippen LogP contribution in [0.1, 0.15) is 19.4 Å². The van der Waals surface area contributed by atoms with Gasteiger partial charge in [0.15, 0.2) is 0 Å². The first-order chi connectivity index (χ1) is 8.47. The predicted octanol–water partition coefficient (Wildman–Crippen LogP) is 0.882. The van der Waals surface area contributed by atoms with Gasteiger partial charge in [-0.2, -0.15) is 13.5 Å². The minimum absolute atomic E-state index is 0.211. The Hall–Kier alpha value is -1.89. The zero-order chi connectivity index (χ0) is 13.6. The van der Waals surface area contributed by atoms with Crippen molar-refractivity contribution in [3.63, 3.8) is 0 Å². The third kappa shape index (κ3) is 3.85. The molecular weight excluding hydrogens is 256 g/mol. The predicted molar refractivity (Wildman–Crippen MR) is 66.7 cm³/mol. The number of carbonyl (C=O) groups excluding carboxylic acids is 1. The third-order valence-electron chi connectivity index (χ3n) is 1.93. The summed E-state index contributed by atoms with van der Waals surface area (Å²) in [6.07, 6.45) is 1.48. The number of hydrogen-bond acceptors (Lipinski definition) is 5. The van der Waals surface area contributed by atoms with E-state index in [1.165, 1.54) is 13.1 Å². The van der Waals surface area contributed by atoms with Gasteiger partial charge in [0.2, 0.25) is 0 Å². The Bertz CT molecular complexity index is 552. The Labute approximate surface area is 106 Å². The molecule has 0 radical (unpaired) electrons. The van der Waals surface area contributed by atoms with Gasteiger partial charge in [0.25, 0.3) is 10.0 Å². The lowest BCUT2D eigenvalue weighted by Crippen LogP contribution is -2.23. The topological polar surface area (TPSA) is 84.8 Å². The largest absolute Gasteiger partial charge is 0.466 e. The maximum absolute atomic E-state index is 11.2. The summed E-state index contributed by atoms with van der Waals surface area (Å²) in [5.41, 5.74) is 0.622. The van der Waals surface area contributed by atoms with Crippen molar-refractivity contribution in [1.82, 2.24) is 4.83 Å². The van der Waals surface area contributed by atoms with E-state index in [-0.39, 0.29) is 10.9 Å². The zero-order valence-electron chi connectivity index (χ0n) is 10.1. The van der Waals surface area contributed by atoms with Gasteiger partial charge in [-0.15, -0.1) is 0 Å². The molecule has 18 heavy (non-hydrogen) atoms. The molecule has 0 amide bonds. The lowest BCUT2D eigenvalue weighted by molar-refractivity contribution is -0.140. The molecule has 0 saturated heterocycles. The molecule has 0 aliphatic carbocycles. The summed E-state index contributed by atoms with van der Waals surface area (Å²) in [5, 5.41) is 3.51. The summed E-state index contributed by atoms with van der Waals surface area (Å²) in [7, 11) is -3.39. The Kier molecular flexibility index (Phi) is 4.85. The number of sulfonamides is 1. The normalized spacial score (nSPS) is 14.6. The van der Waals surface area contributed by atoms with E-state index in [2.05, 4.69) is 14.7 Å². The fourth-order valence-corrected chi connectivity index (χ4v) is 2.23. The molecule has 1 aliphatic rings. The highest BCUT2D eigenvalue weighted by Gasteiger charge is 2.18. The third-order valence-corrected chi connectivity index (χ3v) is 3.23. The molecular formula is C11H14N2O4S. The number of esters is 1. The van der Waals surface area contributed by atoms with Gasteiger partial charge in [0.1, 0.15) is 0 Å². The van der Waals surface area contributed by atoms with Crippen molar-refractivity contribution in [3.8, 4) is 0 Å². The van der Waals surface area contributed by atoms with Crippen molar-refractivity contribution in [1.29, 1.82) is 0 Å². The second kappa shape index (κ2) is 6.15. The highest BCUT2D eigenvalue weighted by molar-refractivity contribution is 7.89. The van der Waals surface area contributed by atoms with E-state index >= 15 is 0 Å². The van der Waals surface area contributed by atoms with Crippen molar-refractivity contribution in [2.45, 2.75) is 18.7 Å². The maximum atomic E-state index is 11.2. The van der Waals surface area contributed by atoms with Crippen molar-refractivity contribution in [2.24, 2.45) is 5.10 Å². The molecule has 1 aromatic rings. The molecule has 0 bridgehead atoms. The maximum Gasteiger partial charge on any atom is 0.302 e. The first-order valence-corrected chi connectivity index (χ1v) is 6.73. The summed E-state index contributed by atoms with van der Waals surface area (Å²) < 4.78 is 26.9. The van der Waals surface area contributed by atoms with E-state index < -0.39 is 10.0 Å². The molecule has 0 saturated carbocycles. The van der Waals surface area contributed by atoms with Gasteiger partial charge in [-0.25, -0.2) is 4.83 Å². The van der Waals surface area contributed by atoms with Crippen LogP contribution in [0.2, 0.25) is 0 Å². The quantitative estimate of drug-likeness (QED) is 0.768. The summed E-state index contributed by atoms with van der Waals surface area (Å²) in [6.45, 7) is 3.65. The Balaban J connectivity index is 0.000000232. The van der Waals surface area contributed by atoms with Crippen LogP contribution >= 0.6 is 0 Å². The van der Waals surface area contributed by atoms with Crippen LogP contribution in [-0.4, -0.2) is 27.2 Å². The van der Waals surface area contributed by atoms with E-state index in [9.17, 15) is 13.2 Å². The molecule has 1 heterocycles. The van der Waals surface area contributed by atoms with E-state index in [4.69, 9.17) is 0 Å². The summed E-state index contributed by atoms with van der Waals surface area (Å²) in [6, 6.07) is 6.70. The molecule has 1 aromatic carbocycles. The zero-order valence-corrected chi connectivity index (χ0v) is 10.9. The van der Waals surface area contributed by atoms with Gasteiger partial charge in [-0.1, -0.05) is 18.2 Å². The molecule has 0 unspecified atom stereocenters. The average molecular weight is 270 g/mol. The molecule has 0 spiro atoms. The minimum Gasteiger partial charge on any atom is -0.466 e. The van der Waals surface area contributed by atoms with E-state index in [1.54, 1.807) is 31.2 Å². The molecule has 98 valence electrons. The first kappa shape index (κ1) is 14.2. The molecule has 1 aliphatic heterocycles. The molecule has 7 heteroatoms. The first-order valence-electron chi connectivity index (χ1n) is 5.24. The van der Waals surface area contributed by atoms with Gasteiger partial charge >= 0.3 is 5.97 Å². The number of benzene rings is 1. The number of fused-ring (bicyclic) bond motifs is 1. The summed E-state index contributed by atoms with van der Waals surface area (Å²) in [5.74, 6) is -0.211. The second-order valence-electron chi connectivity index (χ2n) is 3.32. The van der Waals surface area contributed by atoms with Crippen LogP contribution in [0, 0.1) is 0 Å². The molecule has 0 atom stereocenters. The van der Waals surface area contributed by atoms with Crippen LogP contribution < -0.4 is 4.83 Å². The summed E-state index contributed by atoms with van der Waals surface area (Å²) in [4.78, 5) is 12.2. The molecule has 6 nitrogen and oxygen atoms in total. The number of hydrazone groups is 1. The smallest absolute Gasteiger partial charge is 0.302 e. The van der Waals surface area contributed by atoms with Crippen molar-refractivity contribution in [3.05, 3.63) is 29.8 Å². The Morgan fingerprint density at radius 2 is 2.06 bits per heavy atom. The lowest BCUT2D eigenvalue weighted by Gasteiger charge is -2.10. The van der Waals surface area contributed by atoms with Crippen molar-refractivity contribution < 1.29 is 17.9 Å². The van der Waals surface area contributed by atoms with Gasteiger partial charge in [-0.3, -0.25) is 4.79 Å². The molecule has 0 fully saturated rings. The Morgan fingerprint density at radius 3 is 2.56 bits per heavy atom. The number of carbonyl (C=O) groups is 1. The van der Waals surface area contributed by atoms with Crippen LogP contribution in [-0.2, 0) is 19.6 Å². The van der Waals surface area contributed by atoms with Gasteiger partial charge in [0.05, 0.1) is 17.7 Å². The molecule has 1 N–H and O–H groups in total. The SMILES string of the molecule is CCOC(C)=O.O=S1(=O)NN=Cc2ccccc21. The monoisotopic (exact) mass is 270 g/mol. The average Bonchev–Trinajstić information content (AvgIpc) is 2.29. The van der Waals surface area contributed by atoms with E-state index in [1.807, 2.05) is 0 Å². The highest BCUT2D eigenvalue weighted by atomic mass is 32.2. The van der Waals surface area contributed by atoms with Gasteiger partial charge in [-0.05, 0) is 13.0 Å². The number of rotatable bonds is 1. The minimum atomic E-state index is -3.39. The Morgan fingerprint density at radius 1 is 1.39 bits per heavy atom. The number of nitrogens with zero attached hydrogens (tertiary/aromatic N) is 1. The van der Waals surface area contributed by atoms with E-state index in [0.29, 0.717) is 12.2 Å². The molecule has 0 aromatic heterocycles. The fraction of sp³-hybridized carbons (Fsp3) is 0.273. The van der Waals surface area contributed by atoms with Crippen molar-refractivity contribution in [2.75, 3.05) is 6.61 Å². The van der Waals surface area contributed by atoms with Crippen LogP contribution in [0.4, 0.5) is 0 Å². The van der Waals surface area contributed by atoms with Crippen LogP contribution in [0.15, 0.2) is 34.3 Å². The molecule has 2 rings (SSSR count). The lowest BCUT2D eigenvalue weighted by atomic mass is 10.2. The van der Waals surface area contributed by atoms with Gasteiger partial charge < -0.3 is 4.74 Å².